The van der Waals surface area contributed by atoms with E-state index in [9.17, 15) is 13.8 Å². The molecule has 0 aliphatic carbocycles. The quantitative estimate of drug-likeness (QED) is 0.702. The van der Waals surface area contributed by atoms with Gasteiger partial charge in [0.15, 0.2) is 0 Å². The van der Waals surface area contributed by atoms with Crippen molar-refractivity contribution in [3.05, 3.63) is 29.6 Å². The highest BCUT2D eigenvalue weighted by molar-refractivity contribution is 7.84. The van der Waals surface area contributed by atoms with Crippen LogP contribution in [0.25, 0.3) is 0 Å². The predicted molar refractivity (Wildman–Crippen MR) is 75.0 cm³/mol. The monoisotopic (exact) mass is 299 g/mol. The zero-order chi connectivity index (χ0) is 15.1. The molecule has 2 amide bonds. The smallest absolute Gasteiger partial charge is 0.354 e. The SMILES string of the molecule is CC(CS(C)=O)NC(=O)NCc1ccc(C(=O)O)nc1. The summed E-state index contributed by atoms with van der Waals surface area (Å²) in [6.07, 6.45) is 2.97. The fraction of sp³-hybridized carbons (Fsp3) is 0.417. The predicted octanol–water partition coefficient (Wildman–Crippen LogP) is 0.346. The highest BCUT2D eigenvalue weighted by Gasteiger charge is 2.09. The second-order valence-corrected chi connectivity index (χ2v) is 5.80. The lowest BCUT2D eigenvalue weighted by Gasteiger charge is -2.13. The molecule has 0 saturated heterocycles. The number of hydrogen-bond donors (Lipinski definition) is 3. The van der Waals surface area contributed by atoms with Gasteiger partial charge in [0.25, 0.3) is 0 Å². The Hall–Kier alpha value is -1.96. The van der Waals surface area contributed by atoms with Crippen molar-refractivity contribution in [2.24, 2.45) is 0 Å². The van der Waals surface area contributed by atoms with Gasteiger partial charge in [0.05, 0.1) is 0 Å². The molecule has 1 aromatic heterocycles. The number of aromatic nitrogens is 1. The molecule has 0 fully saturated rings. The Morgan fingerprint density at radius 1 is 1.45 bits per heavy atom. The molecule has 3 N–H and O–H groups in total. The molecule has 0 bridgehead atoms. The van der Waals surface area contributed by atoms with Crippen LogP contribution in [0.2, 0.25) is 0 Å². The number of pyridine rings is 1. The first-order valence-corrected chi connectivity index (χ1v) is 7.64. The topological polar surface area (TPSA) is 108 Å². The Balaban J connectivity index is 2.40. The van der Waals surface area contributed by atoms with Crippen molar-refractivity contribution in [2.45, 2.75) is 19.5 Å². The molecule has 0 aliphatic heterocycles. The Kier molecular flexibility index (Phi) is 6.10. The summed E-state index contributed by atoms with van der Waals surface area (Å²) < 4.78 is 11.0. The Labute approximate surface area is 119 Å². The van der Waals surface area contributed by atoms with Crippen LogP contribution in [0.5, 0.6) is 0 Å². The van der Waals surface area contributed by atoms with Crippen LogP contribution in [0, 0.1) is 0 Å². The van der Waals surface area contributed by atoms with E-state index in [0.29, 0.717) is 11.3 Å². The maximum atomic E-state index is 11.5. The first kappa shape index (κ1) is 16.1. The van der Waals surface area contributed by atoms with Crippen molar-refractivity contribution in [3.63, 3.8) is 0 Å². The number of carboxylic acids is 1. The highest BCUT2D eigenvalue weighted by atomic mass is 32.2. The number of nitrogens with one attached hydrogen (secondary N) is 2. The van der Waals surface area contributed by atoms with Gasteiger partial charge in [-0.25, -0.2) is 14.6 Å². The van der Waals surface area contributed by atoms with E-state index >= 15 is 0 Å². The van der Waals surface area contributed by atoms with Crippen LogP contribution in [0.4, 0.5) is 4.79 Å². The third kappa shape index (κ3) is 5.79. The molecular weight excluding hydrogens is 282 g/mol. The van der Waals surface area contributed by atoms with Crippen LogP contribution in [-0.4, -0.2) is 44.4 Å². The van der Waals surface area contributed by atoms with Gasteiger partial charge in [-0.15, -0.1) is 0 Å². The standard InChI is InChI=1S/C12H17N3O4S/c1-8(7-20(2)19)15-12(18)14-6-9-3-4-10(11(16)17)13-5-9/h3-5,8H,6-7H2,1-2H3,(H,16,17)(H2,14,15,18). The molecule has 0 aromatic carbocycles. The molecule has 0 aliphatic rings. The summed E-state index contributed by atoms with van der Waals surface area (Å²) in [5.41, 5.74) is 0.647. The largest absolute Gasteiger partial charge is 0.477 e. The number of carbonyl (C=O) groups is 2. The minimum Gasteiger partial charge on any atom is -0.477 e. The van der Waals surface area contributed by atoms with Crippen molar-refractivity contribution in [1.82, 2.24) is 15.6 Å². The fourth-order valence-corrected chi connectivity index (χ4v) is 2.29. The first-order chi connectivity index (χ1) is 9.38. The maximum Gasteiger partial charge on any atom is 0.354 e. The number of amides is 2. The molecule has 110 valence electrons. The Bertz CT molecular complexity index is 504. The van der Waals surface area contributed by atoms with Crippen LogP contribution in [0.3, 0.4) is 0 Å². The molecular formula is C12H17N3O4S. The van der Waals surface area contributed by atoms with Crippen molar-refractivity contribution >= 4 is 22.8 Å². The summed E-state index contributed by atoms with van der Waals surface area (Å²) in [7, 11) is -0.967. The van der Waals surface area contributed by atoms with E-state index in [2.05, 4.69) is 15.6 Å². The number of hydrogen-bond acceptors (Lipinski definition) is 4. The van der Waals surface area contributed by atoms with E-state index in [0.717, 1.165) is 0 Å². The van der Waals surface area contributed by atoms with E-state index in [1.807, 2.05) is 0 Å². The van der Waals surface area contributed by atoms with E-state index in [-0.39, 0.29) is 24.3 Å². The van der Waals surface area contributed by atoms with Gasteiger partial charge in [0, 0.05) is 41.6 Å². The number of carboxylic acid groups (broad SMARTS) is 1. The molecule has 2 atom stereocenters. The summed E-state index contributed by atoms with van der Waals surface area (Å²) in [4.78, 5) is 25.9. The van der Waals surface area contributed by atoms with Gasteiger partial charge < -0.3 is 15.7 Å². The summed E-state index contributed by atoms with van der Waals surface area (Å²) in [6.45, 7) is 2.00. The molecule has 0 spiro atoms. The Morgan fingerprint density at radius 3 is 2.65 bits per heavy atom. The second kappa shape index (κ2) is 7.59. The van der Waals surface area contributed by atoms with Crippen LogP contribution >= 0.6 is 0 Å². The fourth-order valence-electron chi connectivity index (χ4n) is 1.51. The second-order valence-electron chi connectivity index (χ2n) is 4.32. The van der Waals surface area contributed by atoms with Gasteiger partial charge in [0.1, 0.15) is 5.69 Å². The van der Waals surface area contributed by atoms with Crippen molar-refractivity contribution in [1.29, 1.82) is 0 Å². The van der Waals surface area contributed by atoms with Gasteiger partial charge in [-0.1, -0.05) is 6.07 Å². The number of urea groups is 1. The average Bonchev–Trinajstić information content (AvgIpc) is 2.35. The van der Waals surface area contributed by atoms with E-state index in [1.54, 1.807) is 19.2 Å². The third-order valence-electron chi connectivity index (χ3n) is 2.36. The molecule has 0 saturated carbocycles. The van der Waals surface area contributed by atoms with E-state index < -0.39 is 16.8 Å². The van der Waals surface area contributed by atoms with E-state index in [1.165, 1.54) is 12.3 Å². The lowest BCUT2D eigenvalue weighted by Crippen LogP contribution is -2.42. The summed E-state index contributed by atoms with van der Waals surface area (Å²) >= 11 is 0. The van der Waals surface area contributed by atoms with Gasteiger partial charge in [0.2, 0.25) is 0 Å². The summed E-state index contributed by atoms with van der Waals surface area (Å²) in [5, 5.41) is 14.0. The number of nitrogens with zero attached hydrogens (tertiary/aromatic N) is 1. The van der Waals surface area contributed by atoms with Crippen LogP contribution in [-0.2, 0) is 17.3 Å². The lowest BCUT2D eigenvalue weighted by atomic mass is 10.2. The molecule has 1 heterocycles. The number of carbonyl (C=O) groups excluding carboxylic acids is 1. The zero-order valence-corrected chi connectivity index (χ0v) is 12.1. The molecule has 2 unspecified atom stereocenters. The van der Waals surface area contributed by atoms with Gasteiger partial charge in [-0.05, 0) is 18.6 Å². The molecule has 0 radical (unpaired) electrons. The van der Waals surface area contributed by atoms with Gasteiger partial charge in [-0.3, -0.25) is 4.21 Å². The maximum absolute atomic E-state index is 11.5. The van der Waals surface area contributed by atoms with Crippen molar-refractivity contribution < 1.29 is 18.9 Å². The van der Waals surface area contributed by atoms with Gasteiger partial charge in [-0.2, -0.15) is 0 Å². The molecule has 1 rings (SSSR count). The van der Waals surface area contributed by atoms with Crippen LogP contribution in [0.15, 0.2) is 18.3 Å². The molecule has 1 aromatic rings. The number of rotatable bonds is 6. The molecule has 7 nitrogen and oxygen atoms in total. The highest BCUT2D eigenvalue weighted by Crippen LogP contribution is 2.00. The molecule has 8 heteroatoms. The third-order valence-corrected chi connectivity index (χ3v) is 3.33. The van der Waals surface area contributed by atoms with Crippen molar-refractivity contribution in [3.8, 4) is 0 Å². The minimum atomic E-state index is -1.09. The first-order valence-electron chi connectivity index (χ1n) is 5.91. The summed E-state index contributed by atoms with van der Waals surface area (Å²) in [5.74, 6) is -0.703. The average molecular weight is 299 g/mol. The van der Waals surface area contributed by atoms with Crippen LogP contribution < -0.4 is 10.6 Å². The van der Waals surface area contributed by atoms with E-state index in [4.69, 9.17) is 5.11 Å². The van der Waals surface area contributed by atoms with Crippen molar-refractivity contribution in [2.75, 3.05) is 12.0 Å². The zero-order valence-electron chi connectivity index (χ0n) is 11.3. The van der Waals surface area contributed by atoms with Gasteiger partial charge >= 0.3 is 12.0 Å². The number of aromatic carboxylic acids is 1. The summed E-state index contributed by atoms with van der Waals surface area (Å²) in [6, 6.07) is 2.40. The van der Waals surface area contributed by atoms with Crippen LogP contribution in [0.1, 0.15) is 23.0 Å². The minimum absolute atomic E-state index is 0.0442. The molecule has 20 heavy (non-hydrogen) atoms. The normalized spacial score (nSPS) is 13.3. The Morgan fingerprint density at radius 2 is 2.15 bits per heavy atom. The lowest BCUT2D eigenvalue weighted by molar-refractivity contribution is 0.0690.